The molecule has 7 heteroatoms. The summed E-state index contributed by atoms with van der Waals surface area (Å²) in [4.78, 5) is 20.5. The number of hydrogen-bond donors (Lipinski definition) is 1. The quantitative estimate of drug-likeness (QED) is 0.777. The van der Waals surface area contributed by atoms with Crippen LogP contribution in [0, 0.1) is 5.92 Å². The van der Waals surface area contributed by atoms with Crippen LogP contribution < -0.4 is 4.72 Å². The van der Waals surface area contributed by atoms with Gasteiger partial charge in [0.25, 0.3) is 10.0 Å². The van der Waals surface area contributed by atoms with Gasteiger partial charge in [0.1, 0.15) is 0 Å². The minimum absolute atomic E-state index is 0.0283. The minimum Gasteiger partial charge on any atom is -0.274 e. The first-order valence-corrected chi connectivity index (χ1v) is 9.34. The Hall–Kier alpha value is -2.80. The highest BCUT2D eigenvalue weighted by molar-refractivity contribution is 7.90. The molecule has 0 unspecified atom stereocenters. The van der Waals surface area contributed by atoms with Gasteiger partial charge < -0.3 is 0 Å². The van der Waals surface area contributed by atoms with Gasteiger partial charge in [-0.05, 0) is 36.1 Å². The van der Waals surface area contributed by atoms with E-state index in [4.69, 9.17) is 0 Å². The molecule has 1 saturated carbocycles. The first-order chi connectivity index (χ1) is 12.1. The van der Waals surface area contributed by atoms with Gasteiger partial charge in [0.2, 0.25) is 5.91 Å². The highest BCUT2D eigenvalue weighted by atomic mass is 32.2. The number of carbonyl (C=O) groups is 1. The fourth-order valence-corrected chi connectivity index (χ4v) is 4.30. The van der Waals surface area contributed by atoms with Gasteiger partial charge in [-0.15, -0.1) is 0 Å². The molecular weight excluding hydrogens is 338 g/mol. The molecule has 0 bridgehead atoms. The van der Waals surface area contributed by atoms with E-state index in [1.165, 1.54) is 12.3 Å². The SMILES string of the molecule is O=C(NS(=O)(=O)c1cccc2cnccc12)[C@H]1C[C@H]1c1cccnc1. The van der Waals surface area contributed by atoms with E-state index in [1.807, 2.05) is 12.1 Å². The number of pyridine rings is 2. The largest absolute Gasteiger partial charge is 0.274 e. The summed E-state index contributed by atoms with van der Waals surface area (Å²) in [6.07, 6.45) is 7.13. The van der Waals surface area contributed by atoms with Crippen LogP contribution in [-0.2, 0) is 14.8 Å². The molecule has 25 heavy (non-hydrogen) atoms. The molecular formula is C18H15N3O3S. The van der Waals surface area contributed by atoms with Crippen molar-refractivity contribution < 1.29 is 13.2 Å². The number of hydrogen-bond acceptors (Lipinski definition) is 5. The molecule has 126 valence electrons. The Labute approximate surface area is 145 Å². The van der Waals surface area contributed by atoms with Gasteiger partial charge >= 0.3 is 0 Å². The standard InChI is InChI=1S/C18H15N3O3S/c22-18(16-9-15(16)13-4-2-7-19-11-13)21-25(23,24)17-5-1-3-12-10-20-8-6-14(12)17/h1-8,10-11,15-16H,9H2,(H,21,22)/t15-,16-/m0/s1. The van der Waals surface area contributed by atoms with Crippen LogP contribution in [0.1, 0.15) is 17.9 Å². The maximum absolute atomic E-state index is 12.7. The average Bonchev–Trinajstić information content (AvgIpc) is 3.42. The molecule has 1 aliphatic rings. The minimum atomic E-state index is -3.94. The molecule has 1 fully saturated rings. The number of nitrogens with one attached hydrogen (secondary N) is 1. The fraction of sp³-hybridized carbons (Fsp3) is 0.167. The van der Waals surface area contributed by atoms with Gasteiger partial charge in [0.05, 0.1) is 4.90 Å². The second kappa shape index (κ2) is 5.93. The van der Waals surface area contributed by atoms with Crippen molar-refractivity contribution in [2.24, 2.45) is 5.92 Å². The normalized spacial score (nSPS) is 19.5. The Balaban J connectivity index is 1.57. The maximum atomic E-state index is 12.7. The molecule has 1 aliphatic carbocycles. The lowest BCUT2D eigenvalue weighted by molar-refractivity contribution is -0.120. The molecule has 1 aromatic carbocycles. The van der Waals surface area contributed by atoms with Gasteiger partial charge in [-0.25, -0.2) is 13.1 Å². The summed E-state index contributed by atoms with van der Waals surface area (Å²) in [7, 11) is -3.94. The van der Waals surface area contributed by atoms with Crippen LogP contribution >= 0.6 is 0 Å². The predicted octanol–water partition coefficient (Wildman–Crippen LogP) is 2.24. The Morgan fingerprint density at radius 2 is 1.88 bits per heavy atom. The molecule has 2 atom stereocenters. The molecule has 1 amide bonds. The second-order valence-corrected chi connectivity index (χ2v) is 7.71. The smallest absolute Gasteiger partial charge is 0.264 e. The van der Waals surface area contributed by atoms with Gasteiger partial charge in [-0.2, -0.15) is 0 Å². The van der Waals surface area contributed by atoms with Crippen molar-refractivity contribution in [3.8, 4) is 0 Å². The van der Waals surface area contributed by atoms with E-state index in [2.05, 4.69) is 14.7 Å². The zero-order chi connectivity index (χ0) is 17.4. The number of aromatic nitrogens is 2. The molecule has 6 nitrogen and oxygen atoms in total. The van der Waals surface area contributed by atoms with E-state index in [-0.39, 0.29) is 16.7 Å². The van der Waals surface area contributed by atoms with Gasteiger partial charge in [-0.1, -0.05) is 18.2 Å². The van der Waals surface area contributed by atoms with E-state index >= 15 is 0 Å². The Morgan fingerprint density at radius 1 is 1.04 bits per heavy atom. The summed E-state index contributed by atoms with van der Waals surface area (Å²) in [5.41, 5.74) is 0.955. The highest BCUT2D eigenvalue weighted by Gasteiger charge is 2.45. The highest BCUT2D eigenvalue weighted by Crippen LogP contribution is 2.47. The van der Waals surface area contributed by atoms with Crippen molar-refractivity contribution >= 4 is 26.7 Å². The lowest BCUT2D eigenvalue weighted by atomic mass is 10.1. The average molecular weight is 353 g/mol. The summed E-state index contributed by atoms with van der Waals surface area (Å²) < 4.78 is 27.6. The maximum Gasteiger partial charge on any atom is 0.264 e. The number of fused-ring (bicyclic) bond motifs is 1. The molecule has 0 spiro atoms. The number of carbonyl (C=O) groups excluding carboxylic acids is 1. The predicted molar refractivity (Wildman–Crippen MR) is 92.2 cm³/mol. The van der Waals surface area contributed by atoms with Crippen LogP contribution in [0.25, 0.3) is 10.8 Å². The molecule has 3 aromatic rings. The van der Waals surface area contributed by atoms with E-state index in [1.54, 1.807) is 36.8 Å². The van der Waals surface area contributed by atoms with Crippen LogP contribution in [0.3, 0.4) is 0 Å². The Bertz CT molecular complexity index is 1050. The Morgan fingerprint density at radius 3 is 2.68 bits per heavy atom. The van der Waals surface area contributed by atoms with E-state index in [9.17, 15) is 13.2 Å². The fourth-order valence-electron chi connectivity index (χ4n) is 3.04. The van der Waals surface area contributed by atoms with Crippen LogP contribution in [0.5, 0.6) is 0 Å². The van der Waals surface area contributed by atoms with E-state index < -0.39 is 15.9 Å². The lowest BCUT2D eigenvalue weighted by Crippen LogP contribution is -2.32. The van der Waals surface area contributed by atoms with E-state index in [0.29, 0.717) is 17.2 Å². The van der Waals surface area contributed by atoms with Crippen molar-refractivity contribution in [3.05, 3.63) is 66.7 Å². The van der Waals surface area contributed by atoms with E-state index in [0.717, 1.165) is 5.56 Å². The van der Waals surface area contributed by atoms with Crippen LogP contribution in [0.4, 0.5) is 0 Å². The van der Waals surface area contributed by atoms with Crippen molar-refractivity contribution in [1.29, 1.82) is 0 Å². The summed E-state index contributed by atoms with van der Waals surface area (Å²) in [5, 5.41) is 1.25. The topological polar surface area (TPSA) is 89.0 Å². The van der Waals surface area contributed by atoms with Gasteiger partial charge in [-0.3, -0.25) is 14.8 Å². The Kier molecular flexibility index (Phi) is 3.73. The first kappa shape index (κ1) is 15.7. The number of rotatable bonds is 4. The monoisotopic (exact) mass is 353 g/mol. The van der Waals surface area contributed by atoms with Gasteiger partial charge in [0.15, 0.2) is 0 Å². The van der Waals surface area contributed by atoms with Crippen molar-refractivity contribution in [2.45, 2.75) is 17.2 Å². The first-order valence-electron chi connectivity index (χ1n) is 7.85. The molecule has 0 saturated heterocycles. The van der Waals surface area contributed by atoms with Crippen molar-refractivity contribution in [2.75, 3.05) is 0 Å². The third-order valence-electron chi connectivity index (χ3n) is 4.40. The number of amides is 1. The second-order valence-electron chi connectivity index (χ2n) is 6.06. The molecule has 1 N–H and O–H groups in total. The van der Waals surface area contributed by atoms with Crippen LogP contribution in [0.2, 0.25) is 0 Å². The summed E-state index contributed by atoms with van der Waals surface area (Å²) in [6.45, 7) is 0. The molecule has 2 heterocycles. The lowest BCUT2D eigenvalue weighted by Gasteiger charge is -2.09. The number of nitrogens with zero attached hydrogens (tertiary/aromatic N) is 2. The third kappa shape index (κ3) is 2.98. The molecule has 0 radical (unpaired) electrons. The van der Waals surface area contributed by atoms with Crippen molar-refractivity contribution in [3.63, 3.8) is 0 Å². The number of benzene rings is 1. The van der Waals surface area contributed by atoms with Crippen LogP contribution in [0.15, 0.2) is 66.1 Å². The third-order valence-corrected chi connectivity index (χ3v) is 5.81. The molecule has 4 rings (SSSR count). The van der Waals surface area contributed by atoms with Crippen molar-refractivity contribution in [1.82, 2.24) is 14.7 Å². The zero-order valence-electron chi connectivity index (χ0n) is 13.2. The summed E-state index contributed by atoms with van der Waals surface area (Å²) >= 11 is 0. The molecule has 2 aromatic heterocycles. The summed E-state index contributed by atoms with van der Waals surface area (Å²) in [6, 6.07) is 10.2. The molecule has 0 aliphatic heterocycles. The summed E-state index contributed by atoms with van der Waals surface area (Å²) in [5.74, 6) is -0.781. The number of sulfonamides is 1. The van der Waals surface area contributed by atoms with Gasteiger partial charge in [0, 0.05) is 41.5 Å². The van der Waals surface area contributed by atoms with Crippen LogP contribution in [-0.4, -0.2) is 24.3 Å². The zero-order valence-corrected chi connectivity index (χ0v) is 14.0.